The van der Waals surface area contributed by atoms with Gasteiger partial charge in [-0.05, 0) is 5.92 Å². The van der Waals surface area contributed by atoms with E-state index >= 15 is 0 Å². The summed E-state index contributed by atoms with van der Waals surface area (Å²) < 4.78 is 0. The van der Waals surface area contributed by atoms with Crippen molar-refractivity contribution in [2.75, 3.05) is 12.8 Å². The van der Waals surface area contributed by atoms with Gasteiger partial charge in [-0.25, -0.2) is 5.01 Å². The summed E-state index contributed by atoms with van der Waals surface area (Å²) in [6, 6.07) is 0.718. The summed E-state index contributed by atoms with van der Waals surface area (Å²) in [4.78, 5) is 3.20. The summed E-state index contributed by atoms with van der Waals surface area (Å²) in [5.41, 5.74) is 0. The fourth-order valence-electron chi connectivity index (χ4n) is 1.04. The SMILES string of the molecule is CC(C)C1CSNN1C. The van der Waals surface area contributed by atoms with E-state index in [1.165, 1.54) is 5.75 Å². The van der Waals surface area contributed by atoms with Crippen molar-refractivity contribution < 1.29 is 0 Å². The zero-order chi connectivity index (χ0) is 6.85. The maximum absolute atomic E-state index is 3.20. The number of rotatable bonds is 1. The molecule has 0 bridgehead atoms. The summed E-state index contributed by atoms with van der Waals surface area (Å²) in [6.45, 7) is 4.52. The van der Waals surface area contributed by atoms with E-state index in [9.17, 15) is 0 Å². The Morgan fingerprint density at radius 2 is 2.33 bits per heavy atom. The van der Waals surface area contributed by atoms with Crippen LogP contribution in [0.15, 0.2) is 0 Å². The van der Waals surface area contributed by atoms with Crippen LogP contribution in [0.4, 0.5) is 0 Å². The van der Waals surface area contributed by atoms with Crippen molar-refractivity contribution in [1.29, 1.82) is 0 Å². The second-order valence-corrected chi connectivity index (χ2v) is 3.63. The Morgan fingerprint density at radius 3 is 2.56 bits per heavy atom. The van der Waals surface area contributed by atoms with Crippen molar-refractivity contribution in [3.8, 4) is 0 Å². The van der Waals surface area contributed by atoms with E-state index in [1.54, 1.807) is 11.9 Å². The van der Waals surface area contributed by atoms with Gasteiger partial charge in [-0.3, -0.25) is 0 Å². The van der Waals surface area contributed by atoms with Crippen LogP contribution in [0.3, 0.4) is 0 Å². The van der Waals surface area contributed by atoms with Gasteiger partial charge in [0.05, 0.1) is 0 Å². The fourth-order valence-corrected chi connectivity index (χ4v) is 2.24. The Hall–Kier alpha value is 0.270. The molecule has 0 radical (unpaired) electrons. The smallest absolute Gasteiger partial charge is 0.0375 e. The van der Waals surface area contributed by atoms with Gasteiger partial charge in [-0.2, -0.15) is 4.83 Å². The van der Waals surface area contributed by atoms with E-state index in [-0.39, 0.29) is 0 Å². The molecule has 0 saturated carbocycles. The maximum Gasteiger partial charge on any atom is 0.0375 e. The monoisotopic (exact) mass is 146 g/mol. The molecule has 1 unspecified atom stereocenters. The molecule has 9 heavy (non-hydrogen) atoms. The minimum atomic E-state index is 0.718. The first-order valence-corrected chi connectivity index (χ1v) is 4.30. The molecule has 0 aromatic carbocycles. The Morgan fingerprint density at radius 1 is 1.67 bits per heavy atom. The normalized spacial score (nSPS) is 30.0. The highest BCUT2D eigenvalue weighted by atomic mass is 32.2. The molecule has 0 aromatic heterocycles. The fraction of sp³-hybridized carbons (Fsp3) is 1.00. The summed E-state index contributed by atoms with van der Waals surface area (Å²) in [5.74, 6) is 1.98. The van der Waals surface area contributed by atoms with Gasteiger partial charge in [0, 0.05) is 18.8 Å². The molecule has 1 rings (SSSR count). The van der Waals surface area contributed by atoms with Crippen LogP contribution < -0.4 is 4.83 Å². The van der Waals surface area contributed by atoms with E-state index < -0.39 is 0 Å². The summed E-state index contributed by atoms with van der Waals surface area (Å²) in [6.07, 6.45) is 0. The number of nitrogens with one attached hydrogen (secondary N) is 1. The minimum Gasteiger partial charge on any atom is -0.234 e. The van der Waals surface area contributed by atoms with Crippen LogP contribution in [0.1, 0.15) is 13.8 Å². The van der Waals surface area contributed by atoms with E-state index in [0.29, 0.717) is 0 Å². The average Bonchev–Trinajstić information content (AvgIpc) is 2.13. The van der Waals surface area contributed by atoms with Crippen LogP contribution >= 0.6 is 11.9 Å². The molecule has 2 nitrogen and oxygen atoms in total. The Balaban J connectivity index is 2.40. The lowest BCUT2D eigenvalue weighted by atomic mass is 10.1. The first kappa shape index (κ1) is 7.38. The van der Waals surface area contributed by atoms with Gasteiger partial charge < -0.3 is 0 Å². The molecule has 0 spiro atoms. The lowest BCUT2D eigenvalue weighted by Gasteiger charge is -2.20. The van der Waals surface area contributed by atoms with Crippen molar-refractivity contribution in [1.82, 2.24) is 9.84 Å². The van der Waals surface area contributed by atoms with Gasteiger partial charge in [0.1, 0.15) is 0 Å². The first-order valence-electron chi connectivity index (χ1n) is 3.32. The molecular weight excluding hydrogens is 132 g/mol. The third kappa shape index (κ3) is 1.60. The number of hydrogen-bond donors (Lipinski definition) is 1. The van der Waals surface area contributed by atoms with Crippen LogP contribution in [0.25, 0.3) is 0 Å². The zero-order valence-corrected chi connectivity index (χ0v) is 7.03. The molecule has 1 aliphatic heterocycles. The molecule has 1 saturated heterocycles. The van der Waals surface area contributed by atoms with E-state index in [1.807, 2.05) is 0 Å². The molecule has 1 N–H and O–H groups in total. The van der Waals surface area contributed by atoms with E-state index in [2.05, 4.69) is 30.7 Å². The third-order valence-electron chi connectivity index (χ3n) is 1.73. The largest absolute Gasteiger partial charge is 0.234 e. The quantitative estimate of drug-likeness (QED) is 0.558. The highest BCUT2D eigenvalue weighted by Gasteiger charge is 2.23. The predicted octanol–water partition coefficient (Wildman–Crippen LogP) is 1.11. The van der Waals surface area contributed by atoms with Crippen LogP contribution in [0.5, 0.6) is 0 Å². The van der Waals surface area contributed by atoms with Gasteiger partial charge in [0.25, 0.3) is 0 Å². The molecular formula is C6H14N2S. The van der Waals surface area contributed by atoms with Crippen LogP contribution in [0.2, 0.25) is 0 Å². The molecule has 0 aromatic rings. The Labute approximate surface area is 61.1 Å². The molecule has 3 heteroatoms. The maximum atomic E-state index is 3.20. The van der Waals surface area contributed by atoms with Crippen LogP contribution in [-0.2, 0) is 0 Å². The first-order chi connectivity index (χ1) is 4.22. The highest BCUT2D eigenvalue weighted by molar-refractivity contribution is 7.97. The van der Waals surface area contributed by atoms with Gasteiger partial charge >= 0.3 is 0 Å². The highest BCUT2D eigenvalue weighted by Crippen LogP contribution is 2.18. The minimum absolute atomic E-state index is 0.718. The van der Waals surface area contributed by atoms with Crippen molar-refractivity contribution in [2.45, 2.75) is 19.9 Å². The van der Waals surface area contributed by atoms with Crippen molar-refractivity contribution in [3.63, 3.8) is 0 Å². The van der Waals surface area contributed by atoms with Crippen LogP contribution in [0, 0.1) is 5.92 Å². The number of nitrogens with zero attached hydrogens (tertiary/aromatic N) is 1. The molecule has 1 atom stereocenters. The summed E-state index contributed by atoms with van der Waals surface area (Å²) >= 11 is 1.79. The number of hydrogen-bond acceptors (Lipinski definition) is 3. The van der Waals surface area contributed by atoms with Crippen molar-refractivity contribution in [3.05, 3.63) is 0 Å². The molecule has 0 aliphatic carbocycles. The topological polar surface area (TPSA) is 15.3 Å². The molecule has 1 fully saturated rings. The Bertz CT molecular complexity index is 95.1. The third-order valence-corrected chi connectivity index (χ3v) is 2.65. The van der Waals surface area contributed by atoms with E-state index in [0.717, 1.165) is 12.0 Å². The number of hydrazine groups is 1. The molecule has 0 amide bonds. The second kappa shape index (κ2) is 2.90. The van der Waals surface area contributed by atoms with E-state index in [4.69, 9.17) is 0 Å². The lowest BCUT2D eigenvalue weighted by molar-refractivity contribution is 0.210. The van der Waals surface area contributed by atoms with Gasteiger partial charge in [-0.15, -0.1) is 0 Å². The predicted molar refractivity (Wildman–Crippen MR) is 42.0 cm³/mol. The summed E-state index contributed by atoms with van der Waals surface area (Å²) in [7, 11) is 2.10. The van der Waals surface area contributed by atoms with Gasteiger partial charge in [0.15, 0.2) is 0 Å². The molecule has 1 aliphatic rings. The average molecular weight is 146 g/mol. The van der Waals surface area contributed by atoms with Gasteiger partial charge in [-0.1, -0.05) is 25.8 Å². The van der Waals surface area contributed by atoms with Crippen molar-refractivity contribution in [2.24, 2.45) is 5.92 Å². The second-order valence-electron chi connectivity index (χ2n) is 2.82. The molecule has 54 valence electrons. The zero-order valence-electron chi connectivity index (χ0n) is 6.22. The van der Waals surface area contributed by atoms with Crippen molar-refractivity contribution >= 4 is 11.9 Å². The van der Waals surface area contributed by atoms with Gasteiger partial charge in [0.2, 0.25) is 0 Å². The summed E-state index contributed by atoms with van der Waals surface area (Å²) in [5, 5.41) is 2.19. The van der Waals surface area contributed by atoms with Crippen LogP contribution in [-0.4, -0.2) is 23.9 Å². The standard InChI is InChI=1S/C6H14N2S/c1-5(2)6-4-9-7-8(6)3/h5-7H,4H2,1-3H3. The lowest BCUT2D eigenvalue weighted by Crippen LogP contribution is -2.36. The molecule has 1 heterocycles. The Kier molecular flexibility index (Phi) is 2.38.